The van der Waals surface area contributed by atoms with Crippen LogP contribution in [0.2, 0.25) is 0 Å². The molecule has 6 nitrogen and oxygen atoms in total. The molecule has 0 bridgehead atoms. The molecule has 0 saturated carbocycles. The van der Waals surface area contributed by atoms with Crippen LogP contribution in [0.15, 0.2) is 11.0 Å². The van der Waals surface area contributed by atoms with Crippen LogP contribution in [0, 0.1) is 0 Å². The van der Waals surface area contributed by atoms with Crippen LogP contribution >= 0.6 is 0 Å². The fraction of sp³-hybridized carbons (Fsp3) is 0.667. The molecule has 1 aromatic heterocycles. The maximum Gasteiger partial charge on any atom is 0.502 e. The normalized spacial score (nSPS) is 20.6. The van der Waals surface area contributed by atoms with Crippen LogP contribution in [0.1, 0.15) is 27.7 Å². The zero-order valence-electron chi connectivity index (χ0n) is 12.3. The minimum atomic E-state index is -0.679. The van der Waals surface area contributed by atoms with Gasteiger partial charge in [-0.1, -0.05) is 0 Å². The molecule has 1 saturated heterocycles. The lowest BCUT2D eigenvalue weighted by atomic mass is 9.81. The third kappa shape index (κ3) is 2.17. The van der Waals surface area contributed by atoms with Gasteiger partial charge in [0, 0.05) is 20.3 Å². The fourth-order valence-electron chi connectivity index (χ4n) is 1.93. The van der Waals surface area contributed by atoms with E-state index in [1.807, 2.05) is 27.7 Å². The van der Waals surface area contributed by atoms with Crippen LogP contribution in [0.25, 0.3) is 0 Å². The number of hydrogen-bond acceptors (Lipinski definition) is 5. The predicted octanol–water partition coefficient (Wildman–Crippen LogP) is 0.121. The highest BCUT2D eigenvalue weighted by Crippen LogP contribution is 2.36. The molecular weight excluding hydrogens is 245 g/mol. The highest BCUT2D eigenvalue weighted by Gasteiger charge is 2.52. The first-order valence-corrected chi connectivity index (χ1v) is 6.29. The number of hydrogen-bond donors (Lipinski definition) is 1. The Labute approximate surface area is 113 Å². The zero-order valence-corrected chi connectivity index (χ0v) is 12.3. The van der Waals surface area contributed by atoms with Gasteiger partial charge in [-0.25, -0.2) is 4.98 Å². The highest BCUT2D eigenvalue weighted by atomic mass is 16.7. The summed E-state index contributed by atoms with van der Waals surface area (Å²) >= 11 is 0. The van der Waals surface area contributed by atoms with E-state index in [0.29, 0.717) is 11.4 Å². The van der Waals surface area contributed by atoms with Gasteiger partial charge in [0.25, 0.3) is 5.56 Å². The van der Waals surface area contributed by atoms with Crippen molar-refractivity contribution in [2.75, 3.05) is 12.4 Å². The summed E-state index contributed by atoms with van der Waals surface area (Å²) in [5.41, 5.74) is -0.688. The van der Waals surface area contributed by atoms with E-state index in [9.17, 15) is 4.79 Å². The largest absolute Gasteiger partial charge is 0.502 e. The van der Waals surface area contributed by atoms with E-state index in [1.54, 1.807) is 14.1 Å². The molecule has 19 heavy (non-hydrogen) atoms. The Bertz CT molecular complexity index is 538. The van der Waals surface area contributed by atoms with Crippen LogP contribution in [0.5, 0.6) is 0 Å². The molecule has 1 N–H and O–H groups in total. The zero-order chi connectivity index (χ0) is 14.4. The Hall–Kier alpha value is -1.34. The summed E-state index contributed by atoms with van der Waals surface area (Å²) in [6, 6.07) is 0. The summed E-state index contributed by atoms with van der Waals surface area (Å²) in [5.74, 6) is 0.505. The quantitative estimate of drug-likeness (QED) is 0.769. The third-order valence-electron chi connectivity index (χ3n) is 3.93. The summed E-state index contributed by atoms with van der Waals surface area (Å²) in [5, 5.41) is 2.86. The molecule has 1 aliphatic heterocycles. The first kappa shape index (κ1) is 14.1. The van der Waals surface area contributed by atoms with Gasteiger partial charge in [-0.2, -0.15) is 0 Å². The van der Waals surface area contributed by atoms with E-state index in [1.165, 1.54) is 10.8 Å². The van der Waals surface area contributed by atoms with E-state index < -0.39 is 18.3 Å². The van der Waals surface area contributed by atoms with Crippen molar-refractivity contribution < 1.29 is 9.31 Å². The molecular formula is C12H20BN3O3. The second kappa shape index (κ2) is 4.35. The highest BCUT2D eigenvalue weighted by molar-refractivity contribution is 6.61. The van der Waals surface area contributed by atoms with Crippen molar-refractivity contribution in [3.05, 3.63) is 16.6 Å². The number of anilines is 1. The molecule has 0 unspecified atom stereocenters. The summed E-state index contributed by atoms with van der Waals surface area (Å²) in [6.07, 6.45) is 1.51. The lowest BCUT2D eigenvalue weighted by Gasteiger charge is -2.32. The van der Waals surface area contributed by atoms with Gasteiger partial charge in [0.15, 0.2) is 0 Å². The maximum absolute atomic E-state index is 12.3. The van der Waals surface area contributed by atoms with Crippen molar-refractivity contribution in [3.63, 3.8) is 0 Å². The van der Waals surface area contributed by atoms with E-state index in [2.05, 4.69) is 10.3 Å². The lowest BCUT2D eigenvalue weighted by Crippen LogP contribution is -2.47. The number of nitrogens with one attached hydrogen (secondary N) is 1. The maximum atomic E-state index is 12.3. The number of rotatable bonds is 2. The van der Waals surface area contributed by atoms with Crippen molar-refractivity contribution in [1.82, 2.24) is 9.55 Å². The SMILES string of the molecule is CNc1ncc(B2OC(C)(C)C(C)(C)O2)c(=O)n1C. The molecule has 1 fully saturated rings. The Kier molecular flexibility index (Phi) is 3.22. The molecule has 0 spiro atoms. The first-order valence-electron chi connectivity index (χ1n) is 6.29. The van der Waals surface area contributed by atoms with Crippen LogP contribution in [0.4, 0.5) is 5.95 Å². The smallest absolute Gasteiger partial charge is 0.399 e. The van der Waals surface area contributed by atoms with Crippen molar-refractivity contribution in [2.45, 2.75) is 38.9 Å². The Morgan fingerprint density at radius 3 is 2.26 bits per heavy atom. The van der Waals surface area contributed by atoms with Gasteiger partial charge in [0.2, 0.25) is 5.95 Å². The molecule has 0 aliphatic carbocycles. The van der Waals surface area contributed by atoms with Gasteiger partial charge in [-0.05, 0) is 27.7 Å². The Morgan fingerprint density at radius 2 is 1.79 bits per heavy atom. The molecule has 0 aromatic carbocycles. The number of aromatic nitrogens is 2. The average Bonchev–Trinajstić information content (AvgIpc) is 2.51. The van der Waals surface area contributed by atoms with Gasteiger partial charge < -0.3 is 14.6 Å². The molecule has 0 amide bonds. The van der Waals surface area contributed by atoms with E-state index >= 15 is 0 Å². The summed E-state index contributed by atoms with van der Waals surface area (Å²) in [6.45, 7) is 7.81. The minimum Gasteiger partial charge on any atom is -0.399 e. The molecule has 2 rings (SSSR count). The van der Waals surface area contributed by atoms with Crippen LogP contribution in [-0.2, 0) is 16.4 Å². The van der Waals surface area contributed by atoms with E-state index in [-0.39, 0.29) is 5.56 Å². The summed E-state index contributed by atoms with van der Waals surface area (Å²) in [4.78, 5) is 16.5. The van der Waals surface area contributed by atoms with Crippen molar-refractivity contribution >= 4 is 18.5 Å². The van der Waals surface area contributed by atoms with Crippen LogP contribution in [0.3, 0.4) is 0 Å². The van der Waals surface area contributed by atoms with Gasteiger partial charge in [-0.15, -0.1) is 0 Å². The molecule has 0 radical (unpaired) electrons. The molecule has 7 heteroatoms. The monoisotopic (exact) mass is 265 g/mol. The van der Waals surface area contributed by atoms with Gasteiger partial charge >= 0.3 is 7.12 Å². The van der Waals surface area contributed by atoms with Crippen LogP contribution < -0.4 is 16.3 Å². The van der Waals surface area contributed by atoms with E-state index in [0.717, 1.165) is 0 Å². The summed E-state index contributed by atoms with van der Waals surface area (Å²) in [7, 11) is 2.70. The molecule has 2 heterocycles. The van der Waals surface area contributed by atoms with E-state index in [4.69, 9.17) is 9.31 Å². The fourth-order valence-corrected chi connectivity index (χ4v) is 1.93. The lowest BCUT2D eigenvalue weighted by molar-refractivity contribution is 0.00578. The predicted molar refractivity (Wildman–Crippen MR) is 74.7 cm³/mol. The van der Waals surface area contributed by atoms with Crippen molar-refractivity contribution in [1.29, 1.82) is 0 Å². The van der Waals surface area contributed by atoms with Gasteiger partial charge in [0.05, 0.1) is 16.7 Å². The minimum absolute atomic E-state index is 0.169. The standard InChI is InChI=1S/C12H20BN3O3/c1-11(2)12(3,4)19-13(18-11)8-7-15-10(14-5)16(6)9(8)17/h7H,1-6H3,(H,14,15). The first-order chi connectivity index (χ1) is 8.69. The average molecular weight is 265 g/mol. The van der Waals surface area contributed by atoms with Crippen molar-refractivity contribution in [3.8, 4) is 0 Å². The third-order valence-corrected chi connectivity index (χ3v) is 3.93. The Morgan fingerprint density at radius 1 is 1.26 bits per heavy atom. The second-order valence-electron chi connectivity index (χ2n) is 5.74. The van der Waals surface area contributed by atoms with Gasteiger partial charge in [0.1, 0.15) is 0 Å². The van der Waals surface area contributed by atoms with Crippen LogP contribution in [-0.4, -0.2) is 34.9 Å². The molecule has 104 valence electrons. The van der Waals surface area contributed by atoms with Crippen molar-refractivity contribution in [2.24, 2.45) is 7.05 Å². The summed E-state index contributed by atoms with van der Waals surface area (Å²) < 4.78 is 13.2. The Balaban J connectivity index is 2.41. The van der Waals surface area contributed by atoms with Gasteiger partial charge in [-0.3, -0.25) is 9.36 Å². The topological polar surface area (TPSA) is 65.4 Å². The molecule has 1 aromatic rings. The number of nitrogens with zero attached hydrogens (tertiary/aromatic N) is 2. The second-order valence-corrected chi connectivity index (χ2v) is 5.74. The molecule has 0 atom stereocenters. The molecule has 1 aliphatic rings.